The number of carboxylic acids is 1. The van der Waals surface area contributed by atoms with Crippen LogP contribution in [0.25, 0.3) is 5.69 Å². The molecule has 1 N–H and O–H groups in total. The summed E-state index contributed by atoms with van der Waals surface area (Å²) in [6.07, 6.45) is 0. The van der Waals surface area contributed by atoms with Crippen molar-refractivity contribution in [2.75, 3.05) is 0 Å². The van der Waals surface area contributed by atoms with Crippen LogP contribution >= 0.6 is 11.6 Å². The standard InChI is InChI=1S/C10H7ClFN3O2/c1-5-13-9(10(16)17)14-15(5)8-6(11)3-2-4-7(8)12/h2-4H,1H3,(H,16,17). The monoisotopic (exact) mass is 255 g/mol. The van der Waals surface area contributed by atoms with Crippen LogP contribution in [-0.2, 0) is 0 Å². The fourth-order valence-corrected chi connectivity index (χ4v) is 1.63. The number of halogens is 2. The van der Waals surface area contributed by atoms with E-state index in [9.17, 15) is 9.18 Å². The smallest absolute Gasteiger partial charge is 0.375 e. The van der Waals surface area contributed by atoms with Crippen LogP contribution in [0.15, 0.2) is 18.2 Å². The molecule has 7 heteroatoms. The lowest BCUT2D eigenvalue weighted by atomic mass is 10.3. The zero-order valence-corrected chi connectivity index (χ0v) is 9.44. The molecule has 88 valence electrons. The summed E-state index contributed by atoms with van der Waals surface area (Å²) >= 11 is 5.85. The highest BCUT2D eigenvalue weighted by Crippen LogP contribution is 2.23. The second-order valence-corrected chi connectivity index (χ2v) is 3.68. The van der Waals surface area contributed by atoms with E-state index in [1.165, 1.54) is 25.1 Å². The first-order valence-corrected chi connectivity index (χ1v) is 5.00. The van der Waals surface area contributed by atoms with Crippen molar-refractivity contribution in [1.82, 2.24) is 14.8 Å². The summed E-state index contributed by atoms with van der Waals surface area (Å²) in [7, 11) is 0. The topological polar surface area (TPSA) is 68.0 Å². The Balaban J connectivity index is 2.64. The minimum absolute atomic E-state index is 0.00772. The van der Waals surface area contributed by atoms with Gasteiger partial charge < -0.3 is 5.11 Å². The van der Waals surface area contributed by atoms with E-state index in [2.05, 4.69) is 10.1 Å². The highest BCUT2D eigenvalue weighted by molar-refractivity contribution is 6.32. The molecule has 0 aliphatic heterocycles. The van der Waals surface area contributed by atoms with Gasteiger partial charge in [0.15, 0.2) is 0 Å². The molecular formula is C10H7ClFN3O2. The third-order valence-corrected chi connectivity index (χ3v) is 2.41. The summed E-state index contributed by atoms with van der Waals surface area (Å²) in [5, 5.41) is 12.6. The van der Waals surface area contributed by atoms with Crippen molar-refractivity contribution in [3.63, 3.8) is 0 Å². The van der Waals surface area contributed by atoms with Crippen LogP contribution in [0.1, 0.15) is 16.4 Å². The number of hydrogen-bond acceptors (Lipinski definition) is 3. The van der Waals surface area contributed by atoms with Gasteiger partial charge in [-0.25, -0.2) is 18.9 Å². The normalized spacial score (nSPS) is 10.5. The fourth-order valence-electron chi connectivity index (χ4n) is 1.38. The van der Waals surface area contributed by atoms with Crippen molar-refractivity contribution in [3.05, 3.63) is 40.7 Å². The van der Waals surface area contributed by atoms with Gasteiger partial charge in [0.25, 0.3) is 5.82 Å². The van der Waals surface area contributed by atoms with Crippen LogP contribution in [0.4, 0.5) is 4.39 Å². The zero-order chi connectivity index (χ0) is 12.6. The number of para-hydroxylation sites is 1. The predicted molar refractivity (Wildman–Crippen MR) is 58.0 cm³/mol. The molecule has 0 aliphatic rings. The van der Waals surface area contributed by atoms with E-state index < -0.39 is 17.6 Å². The number of benzene rings is 1. The van der Waals surface area contributed by atoms with Crippen molar-refractivity contribution in [1.29, 1.82) is 0 Å². The molecule has 0 bridgehead atoms. The molecule has 2 rings (SSSR count). The maximum absolute atomic E-state index is 13.6. The van der Waals surface area contributed by atoms with Crippen LogP contribution in [-0.4, -0.2) is 25.8 Å². The summed E-state index contributed by atoms with van der Waals surface area (Å²) in [5.74, 6) is -2.03. The Morgan fingerprint density at radius 1 is 1.53 bits per heavy atom. The highest BCUT2D eigenvalue weighted by atomic mass is 35.5. The summed E-state index contributed by atoms with van der Waals surface area (Å²) in [5.41, 5.74) is -0.00772. The van der Waals surface area contributed by atoms with E-state index >= 15 is 0 Å². The molecule has 0 atom stereocenters. The van der Waals surface area contributed by atoms with Gasteiger partial charge in [0.1, 0.15) is 17.3 Å². The summed E-state index contributed by atoms with van der Waals surface area (Å²) in [6, 6.07) is 4.15. The fraction of sp³-hybridized carbons (Fsp3) is 0.100. The Kier molecular flexibility index (Phi) is 2.81. The van der Waals surface area contributed by atoms with E-state index in [1.54, 1.807) is 0 Å². The average molecular weight is 256 g/mol. The first kappa shape index (κ1) is 11.5. The number of aromatic carboxylic acids is 1. The number of nitrogens with zero attached hydrogens (tertiary/aromatic N) is 3. The van der Waals surface area contributed by atoms with E-state index in [4.69, 9.17) is 16.7 Å². The van der Waals surface area contributed by atoms with Gasteiger partial charge >= 0.3 is 5.97 Å². The predicted octanol–water partition coefficient (Wildman–Crippen LogP) is 2.07. The van der Waals surface area contributed by atoms with Crippen LogP contribution in [0.3, 0.4) is 0 Å². The highest BCUT2D eigenvalue weighted by Gasteiger charge is 2.17. The summed E-state index contributed by atoms with van der Waals surface area (Å²) in [6.45, 7) is 1.52. The van der Waals surface area contributed by atoms with Gasteiger partial charge in [-0.3, -0.25) is 0 Å². The molecule has 0 saturated heterocycles. The number of rotatable bonds is 2. The van der Waals surface area contributed by atoms with Crippen LogP contribution in [0, 0.1) is 12.7 Å². The first-order valence-electron chi connectivity index (χ1n) is 4.62. The van der Waals surface area contributed by atoms with E-state index in [0.29, 0.717) is 0 Å². The number of hydrogen-bond donors (Lipinski definition) is 1. The molecule has 0 spiro atoms. The van der Waals surface area contributed by atoms with Crippen LogP contribution in [0.2, 0.25) is 5.02 Å². The van der Waals surface area contributed by atoms with Gasteiger partial charge in [-0.1, -0.05) is 17.7 Å². The molecule has 1 heterocycles. The maximum Gasteiger partial charge on any atom is 0.375 e. The Morgan fingerprint density at radius 2 is 2.24 bits per heavy atom. The minimum Gasteiger partial charge on any atom is -0.475 e. The molecule has 0 aliphatic carbocycles. The zero-order valence-electron chi connectivity index (χ0n) is 8.69. The average Bonchev–Trinajstić information content (AvgIpc) is 2.61. The molecular weight excluding hydrogens is 249 g/mol. The third kappa shape index (κ3) is 1.99. The maximum atomic E-state index is 13.6. The number of carbonyl (C=O) groups is 1. The lowest BCUT2D eigenvalue weighted by molar-refractivity contribution is 0.0683. The molecule has 2 aromatic rings. The summed E-state index contributed by atoms with van der Waals surface area (Å²) < 4.78 is 14.7. The van der Waals surface area contributed by atoms with Crippen molar-refractivity contribution in [2.45, 2.75) is 6.92 Å². The number of aromatic nitrogens is 3. The molecule has 0 radical (unpaired) electrons. The van der Waals surface area contributed by atoms with E-state index in [1.807, 2.05) is 0 Å². The quantitative estimate of drug-likeness (QED) is 0.892. The van der Waals surface area contributed by atoms with Gasteiger partial charge in [0.2, 0.25) is 0 Å². The Morgan fingerprint density at radius 3 is 2.76 bits per heavy atom. The SMILES string of the molecule is Cc1nc(C(=O)O)nn1-c1c(F)cccc1Cl. The number of aryl methyl sites for hydroxylation is 1. The molecule has 5 nitrogen and oxygen atoms in total. The molecule has 0 fully saturated rings. The molecule has 0 saturated carbocycles. The molecule has 1 aromatic heterocycles. The lowest BCUT2D eigenvalue weighted by Crippen LogP contribution is -2.05. The molecule has 17 heavy (non-hydrogen) atoms. The Bertz CT molecular complexity index is 577. The van der Waals surface area contributed by atoms with Crippen molar-refractivity contribution in [3.8, 4) is 5.69 Å². The molecule has 1 aromatic carbocycles. The Labute approximate surface area is 100 Å². The van der Waals surface area contributed by atoms with Gasteiger partial charge in [-0.2, -0.15) is 0 Å². The van der Waals surface area contributed by atoms with Gasteiger partial charge in [0, 0.05) is 0 Å². The van der Waals surface area contributed by atoms with E-state index in [0.717, 1.165) is 4.68 Å². The first-order chi connectivity index (χ1) is 8.00. The van der Waals surface area contributed by atoms with Gasteiger partial charge in [0.05, 0.1) is 5.02 Å². The van der Waals surface area contributed by atoms with Crippen LogP contribution < -0.4 is 0 Å². The third-order valence-electron chi connectivity index (χ3n) is 2.11. The second kappa shape index (κ2) is 4.14. The van der Waals surface area contributed by atoms with Gasteiger partial charge in [-0.15, -0.1) is 5.10 Å². The molecule has 0 unspecified atom stereocenters. The summed E-state index contributed by atoms with van der Waals surface area (Å²) in [4.78, 5) is 14.4. The molecule has 0 amide bonds. The minimum atomic E-state index is -1.28. The van der Waals surface area contributed by atoms with Crippen LogP contribution in [0.5, 0.6) is 0 Å². The largest absolute Gasteiger partial charge is 0.475 e. The van der Waals surface area contributed by atoms with E-state index in [-0.39, 0.29) is 16.5 Å². The lowest BCUT2D eigenvalue weighted by Gasteiger charge is -2.06. The van der Waals surface area contributed by atoms with Gasteiger partial charge in [-0.05, 0) is 19.1 Å². The van der Waals surface area contributed by atoms with Crippen molar-refractivity contribution >= 4 is 17.6 Å². The number of carboxylic acid groups (broad SMARTS) is 1. The second-order valence-electron chi connectivity index (χ2n) is 3.27. The van der Waals surface area contributed by atoms with Crippen molar-refractivity contribution in [2.24, 2.45) is 0 Å². The Hall–Kier alpha value is -1.95. The van der Waals surface area contributed by atoms with Crippen molar-refractivity contribution < 1.29 is 14.3 Å².